The zero-order valence-electron chi connectivity index (χ0n) is 18.4. The molecule has 0 aliphatic rings. The molecule has 31 heavy (non-hydrogen) atoms. The summed E-state index contributed by atoms with van der Waals surface area (Å²) in [5.74, 6) is -0.979. The summed E-state index contributed by atoms with van der Waals surface area (Å²) < 4.78 is 2.20. The van der Waals surface area contributed by atoms with Crippen molar-refractivity contribution in [1.82, 2.24) is 25.0 Å². The average Bonchev–Trinajstić information content (AvgIpc) is 3.24. The van der Waals surface area contributed by atoms with Gasteiger partial charge in [-0.3, -0.25) is 19.7 Å². The van der Waals surface area contributed by atoms with E-state index in [2.05, 4.69) is 20.7 Å². The average molecular weight is 443 g/mol. The number of nitrogens with one attached hydrogen (secondary N) is 2. The summed E-state index contributed by atoms with van der Waals surface area (Å²) in [5, 5.41) is 10.2. The van der Waals surface area contributed by atoms with E-state index in [9.17, 15) is 14.4 Å². The van der Waals surface area contributed by atoms with Crippen LogP contribution in [-0.4, -0.2) is 58.0 Å². The molecular formula is C21H26N6O3S. The number of likely N-dealkylation sites (N-methyl/N-ethyl adjacent to an activating group) is 1. The van der Waals surface area contributed by atoms with Crippen LogP contribution in [0.4, 0.5) is 5.13 Å². The van der Waals surface area contributed by atoms with Gasteiger partial charge < -0.3 is 10.2 Å². The molecule has 3 aromatic rings. The van der Waals surface area contributed by atoms with Gasteiger partial charge in [-0.15, -0.1) is 0 Å². The van der Waals surface area contributed by atoms with Gasteiger partial charge in [0.1, 0.15) is 4.70 Å². The smallest absolute Gasteiger partial charge is 0.273 e. The number of amides is 3. The Morgan fingerprint density at radius 1 is 1.10 bits per heavy atom. The highest BCUT2D eigenvalue weighted by molar-refractivity contribution is 7.22. The van der Waals surface area contributed by atoms with Crippen LogP contribution in [0.5, 0.6) is 0 Å². The Morgan fingerprint density at radius 2 is 1.74 bits per heavy atom. The molecule has 9 nitrogen and oxygen atoms in total. The predicted molar refractivity (Wildman–Crippen MR) is 121 cm³/mol. The maximum absolute atomic E-state index is 12.7. The van der Waals surface area contributed by atoms with Crippen LogP contribution in [0.2, 0.25) is 0 Å². The molecule has 3 amide bonds. The maximum atomic E-state index is 12.7. The molecule has 2 aromatic heterocycles. The van der Waals surface area contributed by atoms with Crippen molar-refractivity contribution in [2.75, 3.05) is 26.0 Å². The van der Waals surface area contributed by atoms with Crippen LogP contribution in [0.15, 0.2) is 24.3 Å². The topological polar surface area (TPSA) is 109 Å². The lowest BCUT2D eigenvalue weighted by atomic mass is 10.1. The van der Waals surface area contributed by atoms with E-state index in [0.29, 0.717) is 21.0 Å². The second kappa shape index (κ2) is 8.46. The lowest BCUT2D eigenvalue weighted by Gasteiger charge is -2.19. The van der Waals surface area contributed by atoms with E-state index in [-0.39, 0.29) is 24.1 Å². The molecule has 10 heteroatoms. The number of nitrogens with zero attached hydrogens (tertiary/aromatic N) is 4. The van der Waals surface area contributed by atoms with Gasteiger partial charge in [-0.2, -0.15) is 10.1 Å². The highest BCUT2D eigenvalue weighted by atomic mass is 32.1. The normalized spacial score (nSPS) is 11.4. The van der Waals surface area contributed by atoms with Gasteiger partial charge in [0.25, 0.3) is 11.8 Å². The number of benzene rings is 1. The van der Waals surface area contributed by atoms with Crippen LogP contribution in [0.1, 0.15) is 47.2 Å². The Bertz CT molecular complexity index is 1140. The molecule has 0 saturated heterocycles. The molecule has 0 spiro atoms. The Hall–Kier alpha value is -3.27. The van der Waals surface area contributed by atoms with Gasteiger partial charge >= 0.3 is 0 Å². The Labute approximate surface area is 184 Å². The number of carbonyl (C=O) groups excluding carboxylic acids is 3. The van der Waals surface area contributed by atoms with E-state index >= 15 is 0 Å². The van der Waals surface area contributed by atoms with E-state index in [1.165, 1.54) is 16.2 Å². The number of anilines is 1. The minimum absolute atomic E-state index is 0.133. The lowest BCUT2D eigenvalue weighted by molar-refractivity contribution is -0.127. The fraction of sp³-hybridized carbons (Fsp3) is 0.381. The summed E-state index contributed by atoms with van der Waals surface area (Å²) in [6.45, 7) is 7.65. The van der Waals surface area contributed by atoms with Crippen LogP contribution < -0.4 is 10.6 Å². The molecule has 0 unspecified atom stereocenters. The van der Waals surface area contributed by atoms with Crippen LogP contribution >= 0.6 is 11.3 Å². The van der Waals surface area contributed by atoms with E-state index in [1.54, 1.807) is 30.9 Å². The second-order valence-corrected chi connectivity index (χ2v) is 9.39. The molecular weight excluding hydrogens is 416 g/mol. The first-order valence-corrected chi connectivity index (χ1v) is 10.6. The fourth-order valence-corrected chi connectivity index (χ4v) is 3.67. The standard InChI is InChI=1S/C21H26N6O3S/c1-12-7-9-13(10-8-12)18(29)24-20-23-17-16(31-20)15(25-27(17)21(2,3)4)19(30)22-11-14(28)26(5)6/h7-10H,11H2,1-6H3,(H,22,30)(H,23,24,29). The third-order valence-electron chi connectivity index (χ3n) is 4.51. The zero-order chi connectivity index (χ0) is 22.9. The first kappa shape index (κ1) is 22.4. The minimum atomic E-state index is -0.469. The molecule has 2 heterocycles. The number of aromatic nitrogens is 3. The molecule has 0 atom stereocenters. The molecule has 0 aliphatic heterocycles. The van der Waals surface area contributed by atoms with E-state index in [1.807, 2.05) is 39.8 Å². The largest absolute Gasteiger partial charge is 0.347 e. The van der Waals surface area contributed by atoms with Crippen molar-refractivity contribution in [3.05, 3.63) is 41.1 Å². The minimum Gasteiger partial charge on any atom is -0.347 e. The van der Waals surface area contributed by atoms with Crippen molar-refractivity contribution < 1.29 is 14.4 Å². The zero-order valence-corrected chi connectivity index (χ0v) is 19.3. The summed E-state index contributed by atoms with van der Waals surface area (Å²) in [6.07, 6.45) is 0. The monoisotopic (exact) mass is 442 g/mol. The quantitative estimate of drug-likeness (QED) is 0.631. The Balaban J connectivity index is 1.92. The molecule has 0 bridgehead atoms. The molecule has 0 saturated carbocycles. The van der Waals surface area contributed by atoms with Crippen molar-refractivity contribution in [2.24, 2.45) is 0 Å². The fourth-order valence-electron chi connectivity index (χ4n) is 2.74. The molecule has 0 aliphatic carbocycles. The van der Waals surface area contributed by atoms with E-state index in [4.69, 9.17) is 0 Å². The van der Waals surface area contributed by atoms with E-state index < -0.39 is 11.4 Å². The summed E-state index contributed by atoms with van der Waals surface area (Å²) in [5.41, 5.74) is 1.81. The van der Waals surface area contributed by atoms with Gasteiger partial charge in [0.05, 0.1) is 12.1 Å². The number of aryl methyl sites for hydroxylation is 1. The van der Waals surface area contributed by atoms with Crippen molar-refractivity contribution in [1.29, 1.82) is 0 Å². The lowest BCUT2D eigenvalue weighted by Crippen LogP contribution is -2.36. The van der Waals surface area contributed by atoms with Crippen LogP contribution in [-0.2, 0) is 10.3 Å². The maximum Gasteiger partial charge on any atom is 0.273 e. The molecule has 2 N–H and O–H groups in total. The second-order valence-electron chi connectivity index (χ2n) is 8.39. The van der Waals surface area contributed by atoms with Crippen molar-refractivity contribution >= 4 is 44.5 Å². The highest BCUT2D eigenvalue weighted by Crippen LogP contribution is 2.32. The first-order valence-electron chi connectivity index (χ1n) is 9.74. The summed E-state index contributed by atoms with van der Waals surface area (Å²) >= 11 is 1.17. The van der Waals surface area contributed by atoms with Gasteiger partial charge in [0.15, 0.2) is 16.5 Å². The highest BCUT2D eigenvalue weighted by Gasteiger charge is 2.27. The third kappa shape index (κ3) is 4.91. The van der Waals surface area contributed by atoms with Gasteiger partial charge in [-0.05, 0) is 39.8 Å². The summed E-state index contributed by atoms with van der Waals surface area (Å²) in [6, 6.07) is 7.22. The van der Waals surface area contributed by atoms with Gasteiger partial charge in [-0.1, -0.05) is 29.0 Å². The van der Waals surface area contributed by atoms with Crippen LogP contribution in [0, 0.1) is 6.92 Å². The van der Waals surface area contributed by atoms with Crippen molar-refractivity contribution in [3.8, 4) is 0 Å². The molecule has 1 aromatic carbocycles. The Morgan fingerprint density at radius 3 is 2.32 bits per heavy atom. The predicted octanol–water partition coefficient (Wildman–Crippen LogP) is 2.63. The summed E-state index contributed by atoms with van der Waals surface area (Å²) in [7, 11) is 3.24. The van der Waals surface area contributed by atoms with Gasteiger partial charge in [-0.25, -0.2) is 4.68 Å². The number of thiazole rings is 1. The molecule has 0 radical (unpaired) electrons. The van der Waals surface area contributed by atoms with Crippen LogP contribution in [0.3, 0.4) is 0 Å². The SMILES string of the molecule is Cc1ccc(C(=O)Nc2nc3c(s2)c(C(=O)NCC(=O)N(C)C)nn3C(C)(C)C)cc1. The number of hydrogen-bond acceptors (Lipinski definition) is 6. The number of rotatable bonds is 5. The van der Waals surface area contributed by atoms with Crippen LogP contribution in [0.25, 0.3) is 10.3 Å². The molecule has 3 rings (SSSR count). The van der Waals surface area contributed by atoms with Gasteiger partial charge in [0, 0.05) is 19.7 Å². The summed E-state index contributed by atoms with van der Waals surface area (Å²) in [4.78, 5) is 43.1. The number of carbonyl (C=O) groups is 3. The van der Waals surface area contributed by atoms with Crippen molar-refractivity contribution in [3.63, 3.8) is 0 Å². The molecule has 0 fully saturated rings. The number of hydrogen-bond donors (Lipinski definition) is 2. The first-order chi connectivity index (χ1) is 14.5. The Kier molecular flexibility index (Phi) is 6.12. The third-order valence-corrected chi connectivity index (χ3v) is 5.48. The number of fused-ring (bicyclic) bond motifs is 1. The molecule has 164 valence electrons. The van der Waals surface area contributed by atoms with Gasteiger partial charge in [0.2, 0.25) is 5.91 Å². The van der Waals surface area contributed by atoms with E-state index in [0.717, 1.165) is 5.56 Å². The van der Waals surface area contributed by atoms with Crippen molar-refractivity contribution in [2.45, 2.75) is 33.2 Å².